The largest absolute Gasteiger partial charge is 0.476 e. The van der Waals surface area contributed by atoms with Crippen molar-refractivity contribution in [1.82, 2.24) is 15.3 Å². The monoisotopic (exact) mass is 355 g/mol. The van der Waals surface area contributed by atoms with E-state index in [0.717, 1.165) is 4.47 Å². The van der Waals surface area contributed by atoms with Gasteiger partial charge in [0.05, 0.1) is 10.6 Å². The van der Waals surface area contributed by atoms with Gasteiger partial charge in [-0.05, 0) is 22.0 Å². The summed E-state index contributed by atoms with van der Waals surface area (Å²) in [7, 11) is 0. The van der Waals surface area contributed by atoms with Gasteiger partial charge in [-0.1, -0.05) is 0 Å². The number of pyridine rings is 1. The van der Waals surface area contributed by atoms with Gasteiger partial charge in [0.1, 0.15) is 0 Å². The molecule has 0 aliphatic carbocycles. The Hall–Kier alpha value is -1.80. The second-order valence-electron chi connectivity index (χ2n) is 3.83. The number of hydrogen-bond donors (Lipinski definition) is 2. The molecule has 1 amide bonds. The highest BCUT2D eigenvalue weighted by atomic mass is 79.9. The second kappa shape index (κ2) is 6.58. The first-order valence-corrected chi connectivity index (χ1v) is 7.30. The van der Waals surface area contributed by atoms with Crippen molar-refractivity contribution >= 4 is 39.1 Å². The van der Waals surface area contributed by atoms with E-state index >= 15 is 0 Å². The van der Waals surface area contributed by atoms with Crippen molar-refractivity contribution in [2.75, 3.05) is 6.54 Å². The number of aromatic carboxylic acids is 1. The van der Waals surface area contributed by atoms with Crippen molar-refractivity contribution in [2.24, 2.45) is 0 Å². The molecule has 2 heterocycles. The lowest BCUT2D eigenvalue weighted by Gasteiger charge is -2.03. The number of thiazole rings is 1. The number of halogens is 1. The van der Waals surface area contributed by atoms with Gasteiger partial charge in [-0.3, -0.25) is 9.78 Å². The van der Waals surface area contributed by atoms with Crippen LogP contribution in [0, 0.1) is 0 Å². The standard InChI is InChI=1S/C12H10BrN3O3S/c13-8-3-7(4-14-5-8)11(17)15-2-1-10-16-9(6-20-10)12(18)19/h3-6H,1-2H2,(H,15,17)(H,18,19). The number of rotatable bonds is 5. The molecule has 2 N–H and O–H groups in total. The minimum Gasteiger partial charge on any atom is -0.476 e. The Morgan fingerprint density at radius 2 is 2.20 bits per heavy atom. The van der Waals surface area contributed by atoms with Gasteiger partial charge in [-0.2, -0.15) is 0 Å². The number of nitrogens with one attached hydrogen (secondary N) is 1. The average molecular weight is 356 g/mol. The molecular formula is C12H10BrN3O3S. The number of carbonyl (C=O) groups excluding carboxylic acids is 1. The number of carboxylic acid groups (broad SMARTS) is 1. The van der Waals surface area contributed by atoms with E-state index < -0.39 is 5.97 Å². The molecule has 6 nitrogen and oxygen atoms in total. The van der Waals surface area contributed by atoms with Crippen LogP contribution in [0.3, 0.4) is 0 Å². The first-order valence-electron chi connectivity index (χ1n) is 5.62. The van der Waals surface area contributed by atoms with Crippen LogP contribution < -0.4 is 5.32 Å². The van der Waals surface area contributed by atoms with Crippen molar-refractivity contribution in [1.29, 1.82) is 0 Å². The molecule has 8 heteroatoms. The van der Waals surface area contributed by atoms with Gasteiger partial charge in [0.25, 0.3) is 5.91 Å². The predicted molar refractivity (Wildman–Crippen MR) is 77.0 cm³/mol. The van der Waals surface area contributed by atoms with Gasteiger partial charge < -0.3 is 10.4 Å². The van der Waals surface area contributed by atoms with E-state index in [0.29, 0.717) is 23.5 Å². The SMILES string of the molecule is O=C(NCCc1nc(C(=O)O)cs1)c1cncc(Br)c1. The zero-order chi connectivity index (χ0) is 14.5. The minimum atomic E-state index is -1.04. The summed E-state index contributed by atoms with van der Waals surface area (Å²) in [5, 5.41) is 13.6. The molecule has 2 rings (SSSR count). The van der Waals surface area contributed by atoms with E-state index in [2.05, 4.69) is 31.2 Å². The molecule has 0 aliphatic heterocycles. The van der Waals surface area contributed by atoms with Crippen LogP contribution in [0.5, 0.6) is 0 Å². The number of amides is 1. The van der Waals surface area contributed by atoms with Crippen LogP contribution in [-0.4, -0.2) is 33.5 Å². The third-order valence-electron chi connectivity index (χ3n) is 2.36. The molecular weight excluding hydrogens is 346 g/mol. The summed E-state index contributed by atoms with van der Waals surface area (Å²) in [6.07, 6.45) is 3.57. The molecule has 2 aromatic rings. The van der Waals surface area contributed by atoms with E-state index in [1.54, 1.807) is 12.3 Å². The molecule has 0 saturated carbocycles. The molecule has 0 atom stereocenters. The minimum absolute atomic E-state index is 0.0347. The first kappa shape index (κ1) is 14.6. The molecule has 0 aliphatic rings. The smallest absolute Gasteiger partial charge is 0.355 e. The number of aromatic nitrogens is 2. The molecule has 20 heavy (non-hydrogen) atoms. The maximum absolute atomic E-state index is 11.8. The van der Waals surface area contributed by atoms with Gasteiger partial charge in [0.2, 0.25) is 0 Å². The molecule has 0 unspecified atom stereocenters. The molecule has 0 aromatic carbocycles. The average Bonchev–Trinajstić information content (AvgIpc) is 2.87. The molecule has 0 fully saturated rings. The summed E-state index contributed by atoms with van der Waals surface area (Å²) in [4.78, 5) is 30.3. The zero-order valence-corrected chi connectivity index (χ0v) is 12.6. The summed E-state index contributed by atoms with van der Waals surface area (Å²) in [6, 6.07) is 1.67. The van der Waals surface area contributed by atoms with Crippen molar-refractivity contribution in [3.8, 4) is 0 Å². The lowest BCUT2D eigenvalue weighted by molar-refractivity contribution is 0.0690. The molecule has 0 spiro atoms. The third kappa shape index (κ3) is 3.84. The van der Waals surface area contributed by atoms with Crippen LogP contribution in [0.25, 0.3) is 0 Å². The molecule has 104 valence electrons. The van der Waals surface area contributed by atoms with Crippen LogP contribution in [-0.2, 0) is 6.42 Å². The van der Waals surface area contributed by atoms with Crippen LogP contribution in [0.1, 0.15) is 25.9 Å². The van der Waals surface area contributed by atoms with Crippen LogP contribution in [0.15, 0.2) is 28.3 Å². The summed E-state index contributed by atoms with van der Waals surface area (Å²) in [5.41, 5.74) is 0.497. The van der Waals surface area contributed by atoms with E-state index in [1.807, 2.05) is 0 Å². The Morgan fingerprint density at radius 3 is 2.85 bits per heavy atom. The Kier molecular flexibility index (Phi) is 4.80. The Labute approximate surface area is 127 Å². The Bertz CT molecular complexity index is 644. The molecule has 0 radical (unpaired) electrons. The normalized spacial score (nSPS) is 10.2. The highest BCUT2D eigenvalue weighted by molar-refractivity contribution is 9.10. The lowest BCUT2D eigenvalue weighted by atomic mass is 10.2. The summed E-state index contributed by atoms with van der Waals surface area (Å²) in [5.74, 6) is -1.27. The van der Waals surface area contributed by atoms with Crippen molar-refractivity contribution in [3.63, 3.8) is 0 Å². The van der Waals surface area contributed by atoms with Gasteiger partial charge in [0, 0.05) is 35.2 Å². The summed E-state index contributed by atoms with van der Waals surface area (Å²) in [6.45, 7) is 0.387. The van der Waals surface area contributed by atoms with Crippen molar-refractivity contribution in [3.05, 3.63) is 44.6 Å². The Morgan fingerprint density at radius 1 is 1.40 bits per heavy atom. The van der Waals surface area contributed by atoms with Crippen LogP contribution in [0.2, 0.25) is 0 Å². The van der Waals surface area contributed by atoms with Crippen LogP contribution >= 0.6 is 27.3 Å². The highest BCUT2D eigenvalue weighted by Crippen LogP contribution is 2.11. The predicted octanol–water partition coefficient (Wildman–Crippen LogP) is 1.97. The van der Waals surface area contributed by atoms with E-state index in [9.17, 15) is 9.59 Å². The van der Waals surface area contributed by atoms with Gasteiger partial charge in [0.15, 0.2) is 5.69 Å². The second-order valence-corrected chi connectivity index (χ2v) is 5.69. The fourth-order valence-corrected chi connectivity index (χ4v) is 2.58. The van der Waals surface area contributed by atoms with Gasteiger partial charge in [-0.15, -0.1) is 11.3 Å². The highest BCUT2D eigenvalue weighted by Gasteiger charge is 2.09. The first-order chi connectivity index (χ1) is 9.56. The van der Waals surface area contributed by atoms with Gasteiger partial charge in [-0.25, -0.2) is 9.78 Å². The quantitative estimate of drug-likeness (QED) is 0.855. The van der Waals surface area contributed by atoms with Crippen LogP contribution in [0.4, 0.5) is 0 Å². The topological polar surface area (TPSA) is 92.2 Å². The van der Waals surface area contributed by atoms with Crippen molar-refractivity contribution in [2.45, 2.75) is 6.42 Å². The number of hydrogen-bond acceptors (Lipinski definition) is 5. The number of carboxylic acids is 1. The molecule has 2 aromatic heterocycles. The van der Waals surface area contributed by atoms with Crippen molar-refractivity contribution < 1.29 is 14.7 Å². The van der Waals surface area contributed by atoms with E-state index in [1.165, 1.54) is 22.9 Å². The summed E-state index contributed by atoms with van der Waals surface area (Å²) < 4.78 is 0.733. The summed E-state index contributed by atoms with van der Waals surface area (Å²) >= 11 is 4.51. The maximum atomic E-state index is 11.8. The Balaban J connectivity index is 1.86. The van der Waals surface area contributed by atoms with E-state index in [-0.39, 0.29) is 11.6 Å². The molecule has 0 saturated heterocycles. The molecule has 0 bridgehead atoms. The number of carbonyl (C=O) groups is 2. The van der Waals surface area contributed by atoms with Gasteiger partial charge >= 0.3 is 5.97 Å². The third-order valence-corrected chi connectivity index (χ3v) is 3.70. The maximum Gasteiger partial charge on any atom is 0.355 e. The zero-order valence-electron chi connectivity index (χ0n) is 10.2. The fraction of sp³-hybridized carbons (Fsp3) is 0.167. The van der Waals surface area contributed by atoms with E-state index in [4.69, 9.17) is 5.11 Å². The lowest BCUT2D eigenvalue weighted by Crippen LogP contribution is -2.25. The number of nitrogens with zero attached hydrogens (tertiary/aromatic N) is 2. The fourth-order valence-electron chi connectivity index (χ4n) is 1.45.